The normalized spacial score (nSPS) is 22.0. The second-order valence-corrected chi connectivity index (χ2v) is 10.6. The van der Waals surface area contributed by atoms with E-state index in [1.807, 2.05) is 4.90 Å². The van der Waals surface area contributed by atoms with Crippen LogP contribution < -0.4 is 0 Å². The highest BCUT2D eigenvalue weighted by Crippen LogP contribution is 2.32. The summed E-state index contributed by atoms with van der Waals surface area (Å²) in [6.45, 7) is 0.238. The summed E-state index contributed by atoms with van der Waals surface area (Å²) in [6, 6.07) is 1.74. The fraction of sp³-hybridized carbons (Fsp3) is 0.545. The highest BCUT2D eigenvalue weighted by atomic mass is 79.9. The number of nitrogens with zero attached hydrogens (tertiary/aromatic N) is 1. The molecule has 2 rings (SSSR count). The molecule has 1 saturated heterocycles. The molecule has 4 nitrogen and oxygen atoms in total. The van der Waals surface area contributed by atoms with Crippen molar-refractivity contribution in [2.24, 2.45) is 0 Å². The second kappa shape index (κ2) is 5.93. The van der Waals surface area contributed by atoms with E-state index in [1.165, 1.54) is 11.3 Å². The van der Waals surface area contributed by atoms with Gasteiger partial charge in [0.1, 0.15) is 0 Å². The molecule has 1 aliphatic heterocycles. The lowest BCUT2D eigenvalue weighted by Crippen LogP contribution is -2.36. The van der Waals surface area contributed by atoms with Gasteiger partial charge in [-0.1, -0.05) is 0 Å². The summed E-state index contributed by atoms with van der Waals surface area (Å²) < 4.78 is 24.6. The van der Waals surface area contributed by atoms with E-state index in [2.05, 4.69) is 31.9 Å². The SMILES string of the molecule is CN(CC(=O)c1cc(Br)sc1Br)C1CCS(=O)(=O)C1. The van der Waals surface area contributed by atoms with E-state index in [-0.39, 0.29) is 29.9 Å². The number of likely N-dealkylation sites (N-methyl/N-ethyl adjacent to an activating group) is 1. The number of Topliss-reactive ketones (excluding diaryl/α,β-unsaturated/α-hetero) is 1. The lowest BCUT2D eigenvalue weighted by atomic mass is 10.2. The first-order chi connectivity index (χ1) is 8.78. The van der Waals surface area contributed by atoms with Crippen LogP contribution in [0.15, 0.2) is 13.6 Å². The molecule has 0 N–H and O–H groups in total. The van der Waals surface area contributed by atoms with Crippen molar-refractivity contribution >= 4 is 58.8 Å². The van der Waals surface area contributed by atoms with Gasteiger partial charge in [-0.05, 0) is 51.4 Å². The summed E-state index contributed by atoms with van der Waals surface area (Å²) in [5, 5.41) is 0. The number of hydrogen-bond acceptors (Lipinski definition) is 5. The first kappa shape index (κ1) is 15.6. The minimum atomic E-state index is -2.91. The van der Waals surface area contributed by atoms with Gasteiger partial charge >= 0.3 is 0 Å². The third-order valence-electron chi connectivity index (χ3n) is 3.18. The van der Waals surface area contributed by atoms with E-state index in [1.54, 1.807) is 13.1 Å². The molecule has 1 aliphatic rings. The number of carbonyl (C=O) groups is 1. The van der Waals surface area contributed by atoms with Crippen LogP contribution in [0.5, 0.6) is 0 Å². The van der Waals surface area contributed by atoms with Gasteiger partial charge in [0.15, 0.2) is 15.6 Å². The molecule has 1 aromatic heterocycles. The molecule has 19 heavy (non-hydrogen) atoms. The second-order valence-electron chi connectivity index (χ2n) is 4.63. The maximum absolute atomic E-state index is 12.2. The first-order valence-corrected chi connectivity index (χ1v) is 9.89. The highest BCUT2D eigenvalue weighted by molar-refractivity contribution is 9.12. The van der Waals surface area contributed by atoms with Crippen LogP contribution in [0.3, 0.4) is 0 Å². The lowest BCUT2D eigenvalue weighted by molar-refractivity contribution is 0.0926. The van der Waals surface area contributed by atoms with Gasteiger partial charge in [-0.25, -0.2) is 8.42 Å². The van der Waals surface area contributed by atoms with Gasteiger partial charge in [0.2, 0.25) is 0 Å². The molecular formula is C11H13Br2NO3S2. The molecule has 1 fully saturated rings. The average molecular weight is 431 g/mol. The van der Waals surface area contributed by atoms with Crippen molar-refractivity contribution in [3.63, 3.8) is 0 Å². The van der Waals surface area contributed by atoms with E-state index < -0.39 is 9.84 Å². The van der Waals surface area contributed by atoms with Gasteiger partial charge in [-0.2, -0.15) is 0 Å². The van der Waals surface area contributed by atoms with Gasteiger partial charge in [0.25, 0.3) is 0 Å². The van der Waals surface area contributed by atoms with Gasteiger partial charge < -0.3 is 0 Å². The van der Waals surface area contributed by atoms with Crippen LogP contribution in [0, 0.1) is 0 Å². The molecule has 1 aromatic rings. The third-order valence-corrected chi connectivity index (χ3v) is 7.27. The molecule has 0 spiro atoms. The Bertz CT molecular complexity index is 597. The molecule has 2 heterocycles. The van der Waals surface area contributed by atoms with E-state index >= 15 is 0 Å². The maximum atomic E-state index is 12.2. The molecular weight excluding hydrogens is 418 g/mol. The zero-order valence-corrected chi connectivity index (χ0v) is 15.0. The van der Waals surface area contributed by atoms with Crippen molar-refractivity contribution in [2.45, 2.75) is 12.5 Å². The van der Waals surface area contributed by atoms with E-state index in [0.717, 1.165) is 7.57 Å². The van der Waals surface area contributed by atoms with Crippen molar-refractivity contribution in [3.05, 3.63) is 19.2 Å². The summed E-state index contributed by atoms with van der Waals surface area (Å²) >= 11 is 8.16. The Balaban J connectivity index is 2.02. The van der Waals surface area contributed by atoms with Crippen LogP contribution in [-0.2, 0) is 9.84 Å². The quantitative estimate of drug-likeness (QED) is 0.689. The molecule has 1 atom stereocenters. The number of hydrogen-bond donors (Lipinski definition) is 0. The van der Waals surface area contributed by atoms with E-state index in [9.17, 15) is 13.2 Å². The summed E-state index contributed by atoms with van der Waals surface area (Å²) in [5.74, 6) is 0.385. The van der Waals surface area contributed by atoms with Crippen LogP contribution >= 0.6 is 43.2 Å². The minimum absolute atomic E-state index is 0.000577. The van der Waals surface area contributed by atoms with Crippen LogP contribution in [-0.4, -0.2) is 50.2 Å². The number of sulfone groups is 1. The zero-order chi connectivity index (χ0) is 14.2. The molecule has 0 bridgehead atoms. The fourth-order valence-electron chi connectivity index (χ4n) is 2.09. The average Bonchev–Trinajstić information content (AvgIpc) is 2.81. The molecule has 8 heteroatoms. The Labute approximate surface area is 133 Å². The van der Waals surface area contributed by atoms with Gasteiger partial charge in [0.05, 0.1) is 25.6 Å². The Morgan fingerprint density at radius 3 is 2.68 bits per heavy atom. The molecule has 1 unspecified atom stereocenters. The van der Waals surface area contributed by atoms with Crippen LogP contribution in [0.2, 0.25) is 0 Å². The summed E-state index contributed by atoms with van der Waals surface area (Å²) in [4.78, 5) is 14.0. The van der Waals surface area contributed by atoms with Crippen molar-refractivity contribution < 1.29 is 13.2 Å². The molecule has 106 valence electrons. The van der Waals surface area contributed by atoms with Crippen molar-refractivity contribution in [1.29, 1.82) is 0 Å². The molecule has 0 saturated carbocycles. The number of halogens is 2. The zero-order valence-electron chi connectivity index (χ0n) is 10.2. The Kier molecular flexibility index (Phi) is 4.88. The number of rotatable bonds is 4. The smallest absolute Gasteiger partial charge is 0.178 e. The van der Waals surface area contributed by atoms with Crippen LogP contribution in [0.1, 0.15) is 16.8 Å². The van der Waals surface area contributed by atoms with Crippen molar-refractivity contribution in [1.82, 2.24) is 4.90 Å². The van der Waals surface area contributed by atoms with Crippen molar-refractivity contribution in [3.8, 4) is 0 Å². The maximum Gasteiger partial charge on any atom is 0.178 e. The summed E-state index contributed by atoms with van der Waals surface area (Å²) in [5.41, 5.74) is 0.643. The summed E-state index contributed by atoms with van der Waals surface area (Å²) in [7, 11) is -1.11. The lowest BCUT2D eigenvalue weighted by Gasteiger charge is -2.21. The Morgan fingerprint density at radius 2 is 2.21 bits per heavy atom. The first-order valence-electron chi connectivity index (χ1n) is 5.67. The van der Waals surface area contributed by atoms with Crippen molar-refractivity contribution in [2.75, 3.05) is 25.1 Å². The van der Waals surface area contributed by atoms with Gasteiger partial charge in [-0.3, -0.25) is 9.69 Å². The number of carbonyl (C=O) groups excluding carboxylic acids is 1. The van der Waals surface area contributed by atoms with E-state index in [4.69, 9.17) is 0 Å². The topological polar surface area (TPSA) is 54.5 Å². The summed E-state index contributed by atoms with van der Waals surface area (Å²) in [6.07, 6.45) is 0.612. The van der Waals surface area contributed by atoms with Crippen LogP contribution in [0.25, 0.3) is 0 Å². The van der Waals surface area contributed by atoms with Crippen LogP contribution in [0.4, 0.5) is 0 Å². The standard InChI is InChI=1S/C11H13Br2NO3S2/c1-14(7-2-3-19(16,17)6-7)5-9(15)8-4-10(12)18-11(8)13/h4,7H,2-3,5-6H2,1H3. The fourth-order valence-corrected chi connectivity index (χ4v) is 6.76. The molecule has 0 amide bonds. The largest absolute Gasteiger partial charge is 0.295 e. The monoisotopic (exact) mass is 429 g/mol. The van der Waals surface area contributed by atoms with Gasteiger partial charge in [0, 0.05) is 11.6 Å². The molecule has 0 aromatic carbocycles. The number of ketones is 1. The highest BCUT2D eigenvalue weighted by Gasteiger charge is 2.31. The van der Waals surface area contributed by atoms with E-state index in [0.29, 0.717) is 12.0 Å². The minimum Gasteiger partial charge on any atom is -0.295 e. The predicted molar refractivity (Wildman–Crippen MR) is 83.7 cm³/mol. The third kappa shape index (κ3) is 3.87. The number of thiophene rings is 1. The van der Waals surface area contributed by atoms with Gasteiger partial charge in [-0.15, -0.1) is 11.3 Å². The Morgan fingerprint density at radius 1 is 1.53 bits per heavy atom. The molecule has 0 radical (unpaired) electrons. The predicted octanol–water partition coefficient (Wildman–Crippen LogP) is 2.57. The Hall–Kier alpha value is 0.240. The molecule has 0 aliphatic carbocycles.